The summed E-state index contributed by atoms with van der Waals surface area (Å²) in [6, 6.07) is 5.66. The number of hydrogen-bond acceptors (Lipinski definition) is 2. The van der Waals surface area contributed by atoms with Gasteiger partial charge in [-0.3, -0.25) is 0 Å². The number of halogens is 1. The van der Waals surface area contributed by atoms with Gasteiger partial charge in [-0.05, 0) is 24.3 Å². The van der Waals surface area contributed by atoms with Crippen molar-refractivity contribution >= 4 is 73.0 Å². The van der Waals surface area contributed by atoms with Crippen LogP contribution in [0.5, 0.6) is 0 Å². The first-order valence-corrected chi connectivity index (χ1v) is 4.71. The van der Waals surface area contributed by atoms with E-state index in [1.54, 1.807) is 0 Å². The van der Waals surface area contributed by atoms with Crippen LogP contribution in [0.25, 0.3) is 0 Å². The molecule has 0 aromatic heterocycles. The van der Waals surface area contributed by atoms with Crippen molar-refractivity contribution in [1.82, 2.24) is 0 Å². The minimum atomic E-state index is -3.58. The van der Waals surface area contributed by atoms with E-state index in [-0.39, 0.29) is 56.3 Å². The van der Waals surface area contributed by atoms with Gasteiger partial charge >= 0.3 is 51.4 Å². The van der Waals surface area contributed by atoms with Crippen LogP contribution in [0.1, 0.15) is 0 Å². The monoisotopic (exact) mass is 231 g/mol. The molecule has 0 fully saturated rings. The average molecular weight is 232 g/mol. The Balaban J connectivity index is 0.00000121. The number of nitrogens with two attached hydrogens (primary N) is 1. The van der Waals surface area contributed by atoms with E-state index in [0.29, 0.717) is 5.02 Å². The van der Waals surface area contributed by atoms with E-state index in [0.717, 1.165) is 0 Å². The molecule has 1 aromatic carbocycles. The van der Waals surface area contributed by atoms with Gasteiger partial charge < -0.3 is 0 Å². The molecule has 2 N–H and O–H groups in total. The Morgan fingerprint density at radius 2 is 1.58 bits per heavy atom. The van der Waals surface area contributed by atoms with Gasteiger partial charge in [0.05, 0.1) is 4.90 Å². The molecule has 0 aliphatic rings. The van der Waals surface area contributed by atoms with Crippen LogP contribution in [-0.4, -0.2) is 59.8 Å². The molecule has 6 heteroatoms. The maximum atomic E-state index is 10.7. The van der Waals surface area contributed by atoms with E-state index in [9.17, 15) is 8.42 Å². The summed E-state index contributed by atoms with van der Waals surface area (Å²) < 4.78 is 21.4. The van der Waals surface area contributed by atoms with Gasteiger partial charge in [0.1, 0.15) is 0 Å². The van der Waals surface area contributed by atoms with E-state index in [2.05, 4.69) is 0 Å². The van der Waals surface area contributed by atoms with Crippen molar-refractivity contribution in [3.05, 3.63) is 29.3 Å². The van der Waals surface area contributed by atoms with Crippen LogP contribution in [0, 0.1) is 0 Å². The van der Waals surface area contributed by atoms with Gasteiger partial charge in [-0.1, -0.05) is 11.6 Å². The Morgan fingerprint density at radius 3 is 1.92 bits per heavy atom. The van der Waals surface area contributed by atoms with Gasteiger partial charge in [0.15, 0.2) is 0 Å². The zero-order valence-corrected chi connectivity index (χ0v) is 7.06. The van der Waals surface area contributed by atoms with Crippen molar-refractivity contribution in [3.8, 4) is 0 Å². The molecule has 0 aliphatic carbocycles. The van der Waals surface area contributed by atoms with E-state index >= 15 is 0 Å². The fourth-order valence-electron chi connectivity index (χ4n) is 0.624. The number of hydrogen-bond donors (Lipinski definition) is 1. The molecule has 0 amide bonds. The number of rotatable bonds is 1. The summed E-state index contributed by atoms with van der Waals surface area (Å²) >= 11 is 5.53. The topological polar surface area (TPSA) is 60.2 Å². The van der Waals surface area contributed by atoms with E-state index in [1.165, 1.54) is 24.3 Å². The normalized spacial score (nSPS) is 10.5. The molecule has 0 spiro atoms. The zero-order chi connectivity index (χ0) is 8.48. The van der Waals surface area contributed by atoms with E-state index < -0.39 is 10.0 Å². The van der Waals surface area contributed by atoms with Gasteiger partial charge in [0.2, 0.25) is 10.0 Å². The summed E-state index contributed by atoms with van der Waals surface area (Å²) in [7, 11) is -3.58. The molecule has 0 radical (unpaired) electrons. The van der Waals surface area contributed by atoms with Crippen LogP contribution in [0.15, 0.2) is 29.2 Å². The van der Waals surface area contributed by atoms with Crippen molar-refractivity contribution in [2.45, 2.75) is 4.90 Å². The molecule has 62 valence electrons. The number of benzene rings is 1. The maximum absolute atomic E-state index is 10.7. The average Bonchev–Trinajstić information content (AvgIpc) is 1.86. The summed E-state index contributed by atoms with van der Waals surface area (Å²) in [5.41, 5.74) is 0. The van der Waals surface area contributed by atoms with Crippen LogP contribution >= 0.6 is 11.6 Å². The standard InChI is InChI=1S/C6H6ClNO2S.K.H/c7-5-1-3-6(4-2-5)11(8,9)10;;/h1-4H,(H2,8,9,10);;. The third-order valence-corrected chi connectivity index (χ3v) is 2.32. The summed E-state index contributed by atoms with van der Waals surface area (Å²) in [5, 5.41) is 5.32. The molecule has 12 heavy (non-hydrogen) atoms. The molecule has 1 rings (SSSR count). The molecule has 0 unspecified atom stereocenters. The fourth-order valence-corrected chi connectivity index (χ4v) is 1.27. The first kappa shape index (κ1) is 13.1. The van der Waals surface area contributed by atoms with Gasteiger partial charge in [0, 0.05) is 5.02 Å². The first-order valence-electron chi connectivity index (χ1n) is 2.78. The SMILES string of the molecule is NS(=O)(=O)c1ccc(Cl)cc1.[KH]. The quantitative estimate of drug-likeness (QED) is 0.709. The third-order valence-electron chi connectivity index (χ3n) is 1.14. The fraction of sp³-hybridized carbons (Fsp3) is 0. The van der Waals surface area contributed by atoms with Gasteiger partial charge in [-0.2, -0.15) is 0 Å². The molecule has 1 aromatic rings. The third kappa shape index (κ3) is 3.84. The van der Waals surface area contributed by atoms with Crippen molar-refractivity contribution in [2.24, 2.45) is 5.14 Å². The van der Waals surface area contributed by atoms with Crippen molar-refractivity contribution in [3.63, 3.8) is 0 Å². The summed E-state index contributed by atoms with van der Waals surface area (Å²) in [5.74, 6) is 0. The first-order chi connectivity index (χ1) is 5.00. The van der Waals surface area contributed by atoms with Crippen LogP contribution in [-0.2, 0) is 10.0 Å². The molecular weight excluding hydrogens is 225 g/mol. The second-order valence-corrected chi connectivity index (χ2v) is 4.00. The van der Waals surface area contributed by atoms with Crippen molar-refractivity contribution in [2.75, 3.05) is 0 Å². The minimum absolute atomic E-state index is 0. The van der Waals surface area contributed by atoms with Crippen LogP contribution < -0.4 is 5.14 Å². The van der Waals surface area contributed by atoms with E-state index in [1.807, 2.05) is 0 Å². The van der Waals surface area contributed by atoms with Crippen molar-refractivity contribution in [1.29, 1.82) is 0 Å². The molecule has 0 heterocycles. The molecular formula is C6H7ClKNO2S. The zero-order valence-electron chi connectivity index (χ0n) is 5.49. The van der Waals surface area contributed by atoms with Crippen LogP contribution in [0.3, 0.4) is 0 Å². The van der Waals surface area contributed by atoms with Crippen LogP contribution in [0.4, 0.5) is 0 Å². The predicted octanol–water partition coefficient (Wildman–Crippen LogP) is 0.339. The van der Waals surface area contributed by atoms with Crippen molar-refractivity contribution < 1.29 is 8.42 Å². The summed E-state index contributed by atoms with van der Waals surface area (Å²) in [6.07, 6.45) is 0. The summed E-state index contributed by atoms with van der Waals surface area (Å²) in [6.45, 7) is 0. The van der Waals surface area contributed by atoms with Crippen LogP contribution in [0.2, 0.25) is 5.02 Å². The second-order valence-electron chi connectivity index (χ2n) is 2.00. The predicted molar refractivity (Wildman–Crippen MR) is 50.0 cm³/mol. The summed E-state index contributed by atoms with van der Waals surface area (Å²) in [4.78, 5) is 0.0712. The van der Waals surface area contributed by atoms with Gasteiger partial charge in [0.25, 0.3) is 0 Å². The molecule has 0 saturated heterocycles. The van der Waals surface area contributed by atoms with Gasteiger partial charge in [-0.25, -0.2) is 13.6 Å². The molecule has 0 saturated carbocycles. The molecule has 3 nitrogen and oxygen atoms in total. The molecule has 0 bridgehead atoms. The van der Waals surface area contributed by atoms with E-state index in [4.69, 9.17) is 16.7 Å². The number of primary sulfonamides is 1. The Labute approximate surface area is 119 Å². The number of sulfonamides is 1. The molecule has 0 aliphatic heterocycles. The Bertz CT molecular complexity index is 348. The molecule has 0 atom stereocenters. The Hall–Kier alpha value is 1.06. The second kappa shape index (κ2) is 5.07. The van der Waals surface area contributed by atoms with Gasteiger partial charge in [-0.15, -0.1) is 0 Å². The Morgan fingerprint density at radius 1 is 1.17 bits per heavy atom. The Kier molecular flexibility index (Phi) is 5.51.